The Kier molecular flexibility index (Phi) is 8.26. The normalized spacial score (nSPS) is 12.2. The second-order valence-corrected chi connectivity index (χ2v) is 11.2. The number of hydrogen-bond donors (Lipinski definition) is 2. The topological polar surface area (TPSA) is 144 Å². The van der Waals surface area contributed by atoms with E-state index in [0.29, 0.717) is 27.3 Å². The van der Waals surface area contributed by atoms with Crippen molar-refractivity contribution in [1.82, 2.24) is 19.5 Å². The fraction of sp³-hybridized carbons (Fsp3) is 0.118. The highest BCUT2D eigenvalue weighted by atomic mass is 32.2. The number of carboxylic acid groups (broad SMARTS) is 1. The molecule has 1 aliphatic rings. The number of methoxy groups -OCH3 is 1. The molecule has 3 aromatic carbocycles. The number of ether oxygens (including phenoxy) is 1. The summed E-state index contributed by atoms with van der Waals surface area (Å²) in [6.07, 6.45) is 6.92. The van der Waals surface area contributed by atoms with Crippen molar-refractivity contribution in [3.63, 3.8) is 0 Å². The second-order valence-electron chi connectivity index (χ2n) is 10.3. The van der Waals surface area contributed by atoms with Crippen LogP contribution in [0.1, 0.15) is 39.3 Å². The number of aromatic nitrogens is 4. The first kappa shape index (κ1) is 29.5. The van der Waals surface area contributed by atoms with Crippen molar-refractivity contribution in [3.8, 4) is 17.1 Å². The molecule has 11 heteroatoms. The molecule has 0 atom stereocenters. The van der Waals surface area contributed by atoms with E-state index in [1.54, 1.807) is 24.3 Å². The predicted molar refractivity (Wildman–Crippen MR) is 171 cm³/mol. The third kappa shape index (κ3) is 6.11. The highest BCUT2D eigenvalue weighted by Gasteiger charge is 2.27. The summed E-state index contributed by atoms with van der Waals surface area (Å²) in [5.74, 6) is -1.94. The van der Waals surface area contributed by atoms with Gasteiger partial charge in [-0.2, -0.15) is 0 Å². The average Bonchev–Trinajstić information content (AvgIpc) is 3.21. The van der Waals surface area contributed by atoms with E-state index >= 15 is 0 Å². The average molecular weight is 619 g/mol. The first-order chi connectivity index (χ1) is 21.8. The van der Waals surface area contributed by atoms with Gasteiger partial charge in [0.2, 0.25) is 5.95 Å². The van der Waals surface area contributed by atoms with Gasteiger partial charge in [0.05, 0.1) is 19.3 Å². The number of aliphatic carboxylic acids is 1. The van der Waals surface area contributed by atoms with Crippen LogP contribution in [-0.2, 0) is 20.7 Å². The molecule has 0 amide bonds. The first-order valence-corrected chi connectivity index (χ1v) is 14.9. The summed E-state index contributed by atoms with van der Waals surface area (Å²) in [6.45, 7) is 0. The number of carbonyl (C=O) groups is 2. The molecule has 2 N–H and O–H groups in total. The van der Waals surface area contributed by atoms with E-state index in [2.05, 4.69) is 15.0 Å². The SMILES string of the molecule is COC(=O)CSc1nc(-n2cc(C3c4ccccc4C=Cc4ccccc43)c(=O)[nH]c2=O)ncc1-c1ccc(CC(=O)O)cc1. The Morgan fingerprint density at radius 3 is 2.20 bits per heavy atom. The zero-order valence-corrected chi connectivity index (χ0v) is 24.8. The molecule has 0 fully saturated rings. The molecule has 0 saturated carbocycles. The highest BCUT2D eigenvalue weighted by molar-refractivity contribution is 8.00. The van der Waals surface area contributed by atoms with Gasteiger partial charge >= 0.3 is 17.6 Å². The van der Waals surface area contributed by atoms with Crippen LogP contribution in [0.3, 0.4) is 0 Å². The quantitative estimate of drug-likeness (QED) is 0.143. The lowest BCUT2D eigenvalue weighted by Gasteiger charge is -2.21. The van der Waals surface area contributed by atoms with Crippen LogP contribution in [-0.4, -0.2) is 49.4 Å². The van der Waals surface area contributed by atoms with Crippen LogP contribution >= 0.6 is 11.8 Å². The molecular formula is C34H26N4O6S. The van der Waals surface area contributed by atoms with E-state index in [-0.39, 0.29) is 18.1 Å². The summed E-state index contributed by atoms with van der Waals surface area (Å²) in [4.78, 5) is 61.4. The molecule has 0 unspecified atom stereocenters. The lowest BCUT2D eigenvalue weighted by molar-refractivity contribution is -0.137. The number of carbonyl (C=O) groups excluding carboxylic acids is 1. The number of nitrogens with zero attached hydrogens (tertiary/aromatic N) is 3. The van der Waals surface area contributed by atoms with Crippen LogP contribution in [0.5, 0.6) is 0 Å². The maximum Gasteiger partial charge on any atom is 0.335 e. The van der Waals surface area contributed by atoms with Crippen LogP contribution in [0, 0.1) is 0 Å². The van der Waals surface area contributed by atoms with E-state index in [4.69, 9.17) is 9.84 Å². The number of aromatic amines is 1. The van der Waals surface area contributed by atoms with Gasteiger partial charge in [-0.3, -0.25) is 19.4 Å². The van der Waals surface area contributed by atoms with Crippen LogP contribution < -0.4 is 11.2 Å². The zero-order valence-electron chi connectivity index (χ0n) is 24.0. The minimum Gasteiger partial charge on any atom is -0.481 e. The van der Waals surface area contributed by atoms with Gasteiger partial charge in [-0.25, -0.2) is 19.3 Å². The molecule has 0 saturated heterocycles. The van der Waals surface area contributed by atoms with E-state index in [9.17, 15) is 19.2 Å². The van der Waals surface area contributed by atoms with Crippen molar-refractivity contribution in [1.29, 1.82) is 0 Å². The highest BCUT2D eigenvalue weighted by Crippen LogP contribution is 2.38. The number of H-pyrrole nitrogens is 1. The number of fused-ring (bicyclic) bond motifs is 2. The molecule has 0 bridgehead atoms. The summed E-state index contributed by atoms with van der Waals surface area (Å²) < 4.78 is 6.01. The van der Waals surface area contributed by atoms with Gasteiger partial charge in [-0.05, 0) is 33.4 Å². The molecular weight excluding hydrogens is 592 g/mol. The largest absolute Gasteiger partial charge is 0.481 e. The molecule has 5 aromatic rings. The Balaban J connectivity index is 1.48. The van der Waals surface area contributed by atoms with Gasteiger partial charge in [0.25, 0.3) is 5.56 Å². The smallest absolute Gasteiger partial charge is 0.335 e. The maximum atomic E-state index is 13.4. The van der Waals surface area contributed by atoms with Crippen LogP contribution in [0.4, 0.5) is 0 Å². The summed E-state index contributed by atoms with van der Waals surface area (Å²) in [5.41, 5.74) is 4.71. The number of nitrogens with one attached hydrogen (secondary N) is 1. The summed E-state index contributed by atoms with van der Waals surface area (Å²) in [5, 5.41) is 9.51. The Morgan fingerprint density at radius 2 is 1.58 bits per heavy atom. The number of esters is 1. The Hall–Kier alpha value is -5.55. The first-order valence-electron chi connectivity index (χ1n) is 13.9. The Labute approximate surface area is 261 Å². The molecule has 2 aromatic heterocycles. The Bertz CT molecular complexity index is 2030. The van der Waals surface area contributed by atoms with Crippen molar-refractivity contribution in [2.75, 3.05) is 12.9 Å². The molecule has 0 spiro atoms. The molecule has 0 aliphatic heterocycles. The van der Waals surface area contributed by atoms with Gasteiger partial charge in [-0.15, -0.1) is 0 Å². The van der Waals surface area contributed by atoms with Crippen LogP contribution in [0.25, 0.3) is 29.2 Å². The van der Waals surface area contributed by atoms with Crippen LogP contribution in [0.15, 0.2) is 99.8 Å². The molecule has 0 radical (unpaired) electrons. The van der Waals surface area contributed by atoms with Crippen LogP contribution in [0.2, 0.25) is 0 Å². The molecule has 10 nitrogen and oxygen atoms in total. The van der Waals surface area contributed by atoms with Crippen molar-refractivity contribution in [2.45, 2.75) is 17.4 Å². The van der Waals surface area contributed by atoms with Gasteiger partial charge in [-0.1, -0.05) is 96.7 Å². The van der Waals surface area contributed by atoms with Gasteiger partial charge in [0, 0.05) is 29.4 Å². The molecule has 224 valence electrons. The molecule has 45 heavy (non-hydrogen) atoms. The number of thioether (sulfide) groups is 1. The van der Waals surface area contributed by atoms with Crippen molar-refractivity contribution in [2.24, 2.45) is 0 Å². The van der Waals surface area contributed by atoms with Crippen molar-refractivity contribution >= 4 is 35.9 Å². The lowest BCUT2D eigenvalue weighted by Crippen LogP contribution is -2.33. The minimum absolute atomic E-state index is 0.00410. The summed E-state index contributed by atoms with van der Waals surface area (Å²) >= 11 is 1.11. The molecule has 6 rings (SSSR count). The monoisotopic (exact) mass is 618 g/mol. The standard InChI is InChI=1S/C34H26N4O6S/c1-44-29(41)19-45-32-26(23-12-10-20(11-13-23)16-28(39)40)17-35-33(37-32)38-18-27(31(42)36-34(38)43)30-24-8-4-2-6-21(24)14-15-22-7-3-5-9-25(22)30/h2-15,17-18,30H,16,19H2,1H3,(H,39,40)(H,36,42,43). The fourth-order valence-electron chi connectivity index (χ4n) is 5.32. The van der Waals surface area contributed by atoms with Crippen molar-refractivity contribution in [3.05, 3.63) is 139 Å². The maximum absolute atomic E-state index is 13.4. The number of benzene rings is 3. The fourth-order valence-corrected chi connectivity index (χ4v) is 6.16. The second kappa shape index (κ2) is 12.6. The number of rotatable bonds is 8. The third-order valence-corrected chi connectivity index (χ3v) is 8.43. The van der Waals surface area contributed by atoms with Gasteiger partial charge in [0.15, 0.2) is 0 Å². The third-order valence-electron chi connectivity index (χ3n) is 7.47. The minimum atomic E-state index is -0.942. The Morgan fingerprint density at radius 1 is 0.933 bits per heavy atom. The number of hydrogen-bond acceptors (Lipinski definition) is 8. The molecule has 2 heterocycles. The van der Waals surface area contributed by atoms with E-state index < -0.39 is 29.1 Å². The summed E-state index contributed by atoms with van der Waals surface area (Å²) in [6, 6.07) is 22.5. The van der Waals surface area contributed by atoms with Gasteiger partial charge < -0.3 is 9.84 Å². The summed E-state index contributed by atoms with van der Waals surface area (Å²) in [7, 11) is 1.29. The molecule has 1 aliphatic carbocycles. The van der Waals surface area contributed by atoms with E-state index in [1.807, 2.05) is 60.7 Å². The zero-order chi connectivity index (χ0) is 31.5. The van der Waals surface area contributed by atoms with Crippen molar-refractivity contribution < 1.29 is 19.4 Å². The lowest BCUT2D eigenvalue weighted by atomic mass is 9.83. The van der Waals surface area contributed by atoms with Gasteiger partial charge in [0.1, 0.15) is 5.03 Å². The van der Waals surface area contributed by atoms with E-state index in [0.717, 1.165) is 34.0 Å². The van der Waals surface area contributed by atoms with E-state index in [1.165, 1.54) is 24.1 Å². The number of carboxylic acids is 1. The predicted octanol–water partition coefficient (Wildman–Crippen LogP) is 4.54.